The van der Waals surface area contributed by atoms with Crippen molar-refractivity contribution in [3.63, 3.8) is 0 Å². The van der Waals surface area contributed by atoms with Gasteiger partial charge in [-0.05, 0) is 33.6 Å². The van der Waals surface area contributed by atoms with E-state index in [2.05, 4.69) is 36.2 Å². The van der Waals surface area contributed by atoms with Crippen LogP contribution in [0.5, 0.6) is 0 Å². The Morgan fingerprint density at radius 3 is 3.06 bits per heavy atom. The van der Waals surface area contributed by atoms with Crippen molar-refractivity contribution < 1.29 is 4.74 Å². The van der Waals surface area contributed by atoms with Crippen molar-refractivity contribution in [3.8, 4) is 0 Å². The van der Waals surface area contributed by atoms with Crippen LogP contribution >= 0.6 is 0 Å². The van der Waals surface area contributed by atoms with Crippen molar-refractivity contribution in [2.75, 3.05) is 13.2 Å². The zero-order valence-electron chi connectivity index (χ0n) is 10.9. The maximum atomic E-state index is 5.53. The lowest BCUT2D eigenvalue weighted by Gasteiger charge is -2.34. The molecule has 0 aliphatic carbocycles. The molecule has 1 aromatic rings. The Bertz CT molecular complexity index is 355. The molecule has 0 aromatic carbocycles. The fourth-order valence-electron chi connectivity index (χ4n) is 2.20. The Kier molecular flexibility index (Phi) is 3.79. The molecule has 17 heavy (non-hydrogen) atoms. The van der Waals surface area contributed by atoms with E-state index in [-0.39, 0.29) is 5.54 Å². The zero-order valence-corrected chi connectivity index (χ0v) is 10.9. The highest BCUT2D eigenvalue weighted by Gasteiger charge is 2.27. The minimum absolute atomic E-state index is 0.0754. The van der Waals surface area contributed by atoms with Gasteiger partial charge >= 0.3 is 0 Å². The fraction of sp³-hybridized carbons (Fsp3) is 0.833. The number of hydrogen-bond acceptors (Lipinski definition) is 4. The summed E-state index contributed by atoms with van der Waals surface area (Å²) in [5.41, 5.74) is 0.0754. The molecule has 1 N–H and O–H groups in total. The summed E-state index contributed by atoms with van der Waals surface area (Å²) >= 11 is 0. The Hall–Kier alpha value is -0.940. The highest BCUT2D eigenvalue weighted by molar-refractivity contribution is 4.91. The highest BCUT2D eigenvalue weighted by Crippen LogP contribution is 2.18. The number of hydrogen-bond donors (Lipinski definition) is 1. The fourth-order valence-corrected chi connectivity index (χ4v) is 2.20. The first-order chi connectivity index (χ1) is 8.11. The number of ether oxygens (including phenoxy) is 1. The lowest BCUT2D eigenvalue weighted by molar-refractivity contribution is 0.0273. The van der Waals surface area contributed by atoms with Gasteiger partial charge in [0.1, 0.15) is 12.2 Å². The van der Waals surface area contributed by atoms with Crippen LogP contribution in [0, 0.1) is 0 Å². The molecular formula is C12H22N4O. The van der Waals surface area contributed by atoms with Crippen molar-refractivity contribution in [1.29, 1.82) is 0 Å². The maximum absolute atomic E-state index is 5.53. The molecule has 0 spiro atoms. The molecule has 0 amide bonds. The van der Waals surface area contributed by atoms with E-state index in [1.807, 2.05) is 4.68 Å². The normalized spacial score (nSPS) is 25.4. The molecule has 0 bridgehead atoms. The first-order valence-corrected chi connectivity index (χ1v) is 6.32. The topological polar surface area (TPSA) is 52.0 Å². The number of rotatable bonds is 4. The first-order valence-electron chi connectivity index (χ1n) is 6.32. The monoisotopic (exact) mass is 238 g/mol. The largest absolute Gasteiger partial charge is 0.380 e. The van der Waals surface area contributed by atoms with Crippen LogP contribution in [0.4, 0.5) is 0 Å². The molecule has 5 nitrogen and oxygen atoms in total. The van der Waals surface area contributed by atoms with Gasteiger partial charge in [0.15, 0.2) is 0 Å². The standard InChI is InChI=1S/C12H22N4O/c1-10(2)16-11(13-9-15-16)7-14-12(3)5-4-6-17-8-12/h9-10,14H,4-8H2,1-3H3. The molecule has 1 saturated heterocycles. The minimum Gasteiger partial charge on any atom is -0.380 e. The Morgan fingerprint density at radius 2 is 2.41 bits per heavy atom. The quantitative estimate of drug-likeness (QED) is 0.864. The van der Waals surface area contributed by atoms with Crippen molar-refractivity contribution in [3.05, 3.63) is 12.2 Å². The van der Waals surface area contributed by atoms with Gasteiger partial charge < -0.3 is 10.1 Å². The molecule has 2 heterocycles. The van der Waals surface area contributed by atoms with Crippen LogP contribution in [0.3, 0.4) is 0 Å². The van der Waals surface area contributed by atoms with Crippen LogP contribution in [0.2, 0.25) is 0 Å². The van der Waals surface area contributed by atoms with E-state index >= 15 is 0 Å². The molecule has 0 saturated carbocycles. The molecule has 0 radical (unpaired) electrons. The zero-order chi connectivity index (χ0) is 12.3. The van der Waals surface area contributed by atoms with Crippen LogP contribution in [0.25, 0.3) is 0 Å². The van der Waals surface area contributed by atoms with Gasteiger partial charge in [0, 0.05) is 18.2 Å². The van der Waals surface area contributed by atoms with Crippen LogP contribution in [-0.2, 0) is 11.3 Å². The Balaban J connectivity index is 1.94. The van der Waals surface area contributed by atoms with Crippen molar-refractivity contribution >= 4 is 0 Å². The van der Waals surface area contributed by atoms with Crippen molar-refractivity contribution in [2.24, 2.45) is 0 Å². The van der Waals surface area contributed by atoms with Crippen LogP contribution in [0.1, 0.15) is 45.5 Å². The third-order valence-electron chi connectivity index (χ3n) is 3.25. The van der Waals surface area contributed by atoms with E-state index in [1.165, 1.54) is 0 Å². The van der Waals surface area contributed by atoms with E-state index < -0.39 is 0 Å². The average molecular weight is 238 g/mol. The molecule has 1 aliphatic rings. The minimum atomic E-state index is 0.0754. The summed E-state index contributed by atoms with van der Waals surface area (Å²) in [5.74, 6) is 0.992. The lowest BCUT2D eigenvalue weighted by atomic mass is 9.95. The van der Waals surface area contributed by atoms with Gasteiger partial charge in [0.25, 0.3) is 0 Å². The second-order valence-electron chi connectivity index (χ2n) is 5.28. The van der Waals surface area contributed by atoms with Gasteiger partial charge in [0.05, 0.1) is 13.2 Å². The van der Waals surface area contributed by atoms with Gasteiger partial charge in [-0.1, -0.05) is 0 Å². The molecule has 1 aromatic heterocycles. The van der Waals surface area contributed by atoms with Gasteiger partial charge in [-0.15, -0.1) is 0 Å². The van der Waals surface area contributed by atoms with E-state index in [1.54, 1.807) is 6.33 Å². The van der Waals surface area contributed by atoms with Gasteiger partial charge in [-0.2, -0.15) is 5.10 Å². The van der Waals surface area contributed by atoms with E-state index in [0.717, 1.165) is 38.4 Å². The van der Waals surface area contributed by atoms with Gasteiger partial charge in [-0.3, -0.25) is 0 Å². The lowest BCUT2D eigenvalue weighted by Crippen LogP contribution is -2.48. The van der Waals surface area contributed by atoms with Gasteiger partial charge in [-0.25, -0.2) is 9.67 Å². The third-order valence-corrected chi connectivity index (χ3v) is 3.25. The van der Waals surface area contributed by atoms with Crippen molar-refractivity contribution in [1.82, 2.24) is 20.1 Å². The molecular weight excluding hydrogens is 216 g/mol. The molecule has 96 valence electrons. The number of nitrogens with zero attached hydrogens (tertiary/aromatic N) is 3. The summed E-state index contributed by atoms with van der Waals surface area (Å²) in [4.78, 5) is 4.30. The molecule has 2 rings (SSSR count). The predicted molar refractivity (Wildman–Crippen MR) is 65.7 cm³/mol. The summed E-state index contributed by atoms with van der Waals surface area (Å²) in [6.07, 6.45) is 3.90. The van der Waals surface area contributed by atoms with Crippen LogP contribution < -0.4 is 5.32 Å². The summed E-state index contributed by atoms with van der Waals surface area (Å²) in [6.45, 7) is 8.86. The SMILES string of the molecule is CC(C)n1ncnc1CNC1(C)CCCOC1. The summed E-state index contributed by atoms with van der Waals surface area (Å²) in [6, 6.07) is 0.352. The number of aromatic nitrogens is 3. The molecule has 1 fully saturated rings. The third kappa shape index (κ3) is 3.04. The second-order valence-corrected chi connectivity index (χ2v) is 5.28. The smallest absolute Gasteiger partial charge is 0.141 e. The summed E-state index contributed by atoms with van der Waals surface area (Å²) in [7, 11) is 0. The predicted octanol–water partition coefficient (Wildman–Crippen LogP) is 1.52. The second kappa shape index (κ2) is 5.14. The Morgan fingerprint density at radius 1 is 1.59 bits per heavy atom. The highest BCUT2D eigenvalue weighted by atomic mass is 16.5. The summed E-state index contributed by atoms with van der Waals surface area (Å²) < 4.78 is 7.49. The average Bonchev–Trinajstić information content (AvgIpc) is 2.76. The van der Waals surface area contributed by atoms with Crippen LogP contribution in [0.15, 0.2) is 6.33 Å². The summed E-state index contributed by atoms with van der Waals surface area (Å²) in [5, 5.41) is 7.78. The molecule has 5 heteroatoms. The number of nitrogens with one attached hydrogen (secondary N) is 1. The van der Waals surface area contributed by atoms with E-state index in [0.29, 0.717) is 6.04 Å². The molecule has 1 unspecified atom stereocenters. The van der Waals surface area contributed by atoms with E-state index in [4.69, 9.17) is 4.74 Å². The Labute approximate surface area is 103 Å². The van der Waals surface area contributed by atoms with Crippen LogP contribution in [-0.4, -0.2) is 33.5 Å². The first kappa shape index (κ1) is 12.5. The maximum Gasteiger partial charge on any atom is 0.141 e. The molecule has 1 aliphatic heterocycles. The molecule has 1 atom stereocenters. The van der Waals surface area contributed by atoms with Crippen molar-refractivity contribution in [2.45, 2.75) is 51.7 Å². The van der Waals surface area contributed by atoms with E-state index in [9.17, 15) is 0 Å². The van der Waals surface area contributed by atoms with Gasteiger partial charge in [0.2, 0.25) is 0 Å².